The molecule has 0 amide bonds. The van der Waals surface area contributed by atoms with E-state index in [4.69, 9.17) is 4.74 Å². The molecule has 0 bridgehead atoms. The van der Waals surface area contributed by atoms with Crippen LogP contribution in [0.3, 0.4) is 0 Å². The standard InChI is InChI=1S/C22H44N2O2/c1-19(23(14-16-25)20-10-8-9-11-20)18-26-17-15-24(22(2,3)4)21-12-6-5-7-13-21/h19-21,25H,5-18H2,1-4H3. The van der Waals surface area contributed by atoms with Crippen LogP contribution < -0.4 is 0 Å². The van der Waals surface area contributed by atoms with Gasteiger partial charge in [-0.3, -0.25) is 9.80 Å². The molecule has 154 valence electrons. The minimum absolute atomic E-state index is 0.212. The average molecular weight is 369 g/mol. The topological polar surface area (TPSA) is 35.9 Å². The number of nitrogens with zero attached hydrogens (tertiary/aromatic N) is 2. The summed E-state index contributed by atoms with van der Waals surface area (Å²) in [5.41, 5.74) is 0.212. The van der Waals surface area contributed by atoms with Gasteiger partial charge in [-0.25, -0.2) is 0 Å². The van der Waals surface area contributed by atoms with Crippen molar-refractivity contribution in [2.45, 2.75) is 109 Å². The van der Waals surface area contributed by atoms with Gasteiger partial charge in [0, 0.05) is 36.8 Å². The molecule has 0 aromatic heterocycles. The molecule has 0 aromatic rings. The smallest absolute Gasteiger partial charge is 0.0619 e. The lowest BCUT2D eigenvalue weighted by Gasteiger charge is -2.43. The van der Waals surface area contributed by atoms with Crippen LogP contribution in [0.5, 0.6) is 0 Å². The van der Waals surface area contributed by atoms with E-state index in [1.165, 1.54) is 57.8 Å². The Morgan fingerprint density at radius 2 is 1.50 bits per heavy atom. The Kier molecular flexibility index (Phi) is 9.36. The van der Waals surface area contributed by atoms with Gasteiger partial charge in [0.1, 0.15) is 0 Å². The zero-order valence-corrected chi connectivity index (χ0v) is 17.9. The predicted molar refractivity (Wildman–Crippen MR) is 110 cm³/mol. The molecule has 1 N–H and O–H groups in total. The van der Waals surface area contributed by atoms with Gasteiger partial charge in [0.15, 0.2) is 0 Å². The van der Waals surface area contributed by atoms with Gasteiger partial charge in [0.2, 0.25) is 0 Å². The lowest BCUT2D eigenvalue weighted by molar-refractivity contribution is -0.000190. The Labute approximate surface area is 162 Å². The Balaban J connectivity index is 1.77. The van der Waals surface area contributed by atoms with E-state index in [9.17, 15) is 5.11 Å². The predicted octanol–water partition coefficient (Wildman–Crippen LogP) is 4.06. The summed E-state index contributed by atoms with van der Waals surface area (Å²) in [5, 5.41) is 9.43. The molecule has 2 rings (SSSR count). The third-order valence-electron chi connectivity index (χ3n) is 6.43. The molecule has 26 heavy (non-hydrogen) atoms. The Morgan fingerprint density at radius 1 is 0.923 bits per heavy atom. The molecule has 4 nitrogen and oxygen atoms in total. The van der Waals surface area contributed by atoms with Crippen molar-refractivity contribution < 1.29 is 9.84 Å². The van der Waals surface area contributed by atoms with E-state index in [-0.39, 0.29) is 12.1 Å². The van der Waals surface area contributed by atoms with Crippen LogP contribution in [-0.4, -0.2) is 71.5 Å². The molecule has 0 aliphatic heterocycles. The molecular weight excluding hydrogens is 324 g/mol. The second-order valence-electron chi connectivity index (χ2n) is 9.48. The van der Waals surface area contributed by atoms with Gasteiger partial charge < -0.3 is 9.84 Å². The highest BCUT2D eigenvalue weighted by Crippen LogP contribution is 2.28. The van der Waals surface area contributed by atoms with Crippen molar-refractivity contribution in [3.8, 4) is 0 Å². The Hall–Kier alpha value is -0.160. The summed E-state index contributed by atoms with van der Waals surface area (Å²) < 4.78 is 6.13. The minimum atomic E-state index is 0.212. The first-order valence-electron chi connectivity index (χ1n) is 11.1. The Morgan fingerprint density at radius 3 is 2.08 bits per heavy atom. The molecule has 1 unspecified atom stereocenters. The Bertz CT molecular complexity index is 371. The average Bonchev–Trinajstić information content (AvgIpc) is 3.13. The number of ether oxygens (including phenoxy) is 1. The zero-order chi connectivity index (χ0) is 19.0. The van der Waals surface area contributed by atoms with Crippen LogP contribution in [-0.2, 0) is 4.74 Å². The first kappa shape index (κ1) is 22.1. The summed E-state index contributed by atoms with van der Waals surface area (Å²) in [4.78, 5) is 5.16. The summed E-state index contributed by atoms with van der Waals surface area (Å²) in [6.07, 6.45) is 12.1. The lowest BCUT2D eigenvalue weighted by atomic mass is 9.91. The summed E-state index contributed by atoms with van der Waals surface area (Å²) in [5.74, 6) is 0. The molecular formula is C22H44N2O2. The van der Waals surface area contributed by atoms with Crippen molar-refractivity contribution in [1.82, 2.24) is 9.80 Å². The molecule has 2 fully saturated rings. The van der Waals surface area contributed by atoms with Crippen molar-refractivity contribution in [2.24, 2.45) is 0 Å². The fraction of sp³-hybridized carbons (Fsp3) is 1.00. The van der Waals surface area contributed by atoms with Gasteiger partial charge in [-0.1, -0.05) is 32.1 Å². The second-order valence-corrected chi connectivity index (χ2v) is 9.48. The number of rotatable bonds is 10. The van der Waals surface area contributed by atoms with E-state index in [0.29, 0.717) is 12.1 Å². The molecule has 2 saturated carbocycles. The highest BCUT2D eigenvalue weighted by Gasteiger charge is 2.30. The van der Waals surface area contributed by atoms with Gasteiger partial charge in [0.05, 0.1) is 19.8 Å². The van der Waals surface area contributed by atoms with Crippen LogP contribution in [0.2, 0.25) is 0 Å². The van der Waals surface area contributed by atoms with Gasteiger partial charge in [-0.05, 0) is 53.4 Å². The van der Waals surface area contributed by atoms with Gasteiger partial charge in [-0.2, -0.15) is 0 Å². The maximum Gasteiger partial charge on any atom is 0.0619 e. The van der Waals surface area contributed by atoms with Crippen LogP contribution in [0.25, 0.3) is 0 Å². The fourth-order valence-corrected chi connectivity index (χ4v) is 5.09. The zero-order valence-electron chi connectivity index (χ0n) is 17.9. The first-order chi connectivity index (χ1) is 12.4. The summed E-state index contributed by atoms with van der Waals surface area (Å²) in [7, 11) is 0. The molecule has 0 heterocycles. The van der Waals surface area contributed by atoms with E-state index in [1.807, 2.05) is 0 Å². The van der Waals surface area contributed by atoms with E-state index in [2.05, 4.69) is 37.5 Å². The molecule has 2 aliphatic carbocycles. The largest absolute Gasteiger partial charge is 0.395 e. The van der Waals surface area contributed by atoms with E-state index < -0.39 is 0 Å². The summed E-state index contributed by atoms with van der Waals surface area (Å²) in [6, 6.07) is 1.77. The summed E-state index contributed by atoms with van der Waals surface area (Å²) in [6.45, 7) is 12.9. The quantitative estimate of drug-likeness (QED) is 0.590. The van der Waals surface area contributed by atoms with Gasteiger partial charge >= 0.3 is 0 Å². The van der Waals surface area contributed by atoms with Crippen LogP contribution in [0.4, 0.5) is 0 Å². The van der Waals surface area contributed by atoms with Crippen LogP contribution in [0.1, 0.15) is 85.5 Å². The highest BCUT2D eigenvalue weighted by atomic mass is 16.5. The molecule has 0 spiro atoms. The number of hydrogen-bond donors (Lipinski definition) is 1. The number of aliphatic hydroxyl groups is 1. The maximum atomic E-state index is 9.43. The van der Waals surface area contributed by atoms with Crippen molar-refractivity contribution in [3.63, 3.8) is 0 Å². The van der Waals surface area contributed by atoms with E-state index in [1.54, 1.807) is 0 Å². The van der Waals surface area contributed by atoms with Crippen LogP contribution in [0, 0.1) is 0 Å². The monoisotopic (exact) mass is 368 g/mol. The van der Waals surface area contributed by atoms with Crippen molar-refractivity contribution in [3.05, 3.63) is 0 Å². The van der Waals surface area contributed by atoms with Gasteiger partial charge in [-0.15, -0.1) is 0 Å². The van der Waals surface area contributed by atoms with Crippen molar-refractivity contribution in [2.75, 3.05) is 32.9 Å². The third-order valence-corrected chi connectivity index (χ3v) is 6.43. The molecule has 0 radical (unpaired) electrons. The fourth-order valence-electron chi connectivity index (χ4n) is 5.09. The summed E-state index contributed by atoms with van der Waals surface area (Å²) >= 11 is 0. The molecule has 0 aromatic carbocycles. The van der Waals surface area contributed by atoms with Crippen molar-refractivity contribution >= 4 is 0 Å². The maximum absolute atomic E-state index is 9.43. The van der Waals surface area contributed by atoms with Crippen molar-refractivity contribution in [1.29, 1.82) is 0 Å². The minimum Gasteiger partial charge on any atom is -0.395 e. The first-order valence-corrected chi connectivity index (χ1v) is 11.1. The van der Waals surface area contributed by atoms with E-state index >= 15 is 0 Å². The van der Waals surface area contributed by atoms with Crippen LogP contribution >= 0.6 is 0 Å². The lowest BCUT2D eigenvalue weighted by Crippen LogP contribution is -2.50. The highest BCUT2D eigenvalue weighted by molar-refractivity contribution is 4.85. The molecule has 2 aliphatic rings. The van der Waals surface area contributed by atoms with Gasteiger partial charge in [0.25, 0.3) is 0 Å². The van der Waals surface area contributed by atoms with Crippen LogP contribution in [0.15, 0.2) is 0 Å². The molecule has 0 saturated heterocycles. The third kappa shape index (κ3) is 6.78. The normalized spacial score (nSPS) is 21.8. The number of aliphatic hydroxyl groups excluding tert-OH is 1. The molecule has 1 atom stereocenters. The SMILES string of the molecule is CC(COCCN(C1CCCCC1)C(C)(C)C)N(CCO)C1CCCC1. The second kappa shape index (κ2) is 11.0. The molecule has 4 heteroatoms. The van der Waals surface area contributed by atoms with E-state index in [0.717, 1.165) is 32.3 Å². The number of hydrogen-bond acceptors (Lipinski definition) is 4.